The van der Waals surface area contributed by atoms with Gasteiger partial charge in [-0.2, -0.15) is 9.29 Å². The van der Waals surface area contributed by atoms with Crippen LogP contribution in [0.5, 0.6) is 11.8 Å². The van der Waals surface area contributed by atoms with Crippen molar-refractivity contribution < 1.29 is 31.5 Å². The first-order valence-corrected chi connectivity index (χ1v) is 12.0. The third-order valence-electron chi connectivity index (χ3n) is 6.71. The minimum atomic E-state index is -3.91. The number of methoxy groups -OCH3 is 1. The lowest BCUT2D eigenvalue weighted by atomic mass is 9.61. The lowest BCUT2D eigenvalue weighted by Gasteiger charge is -2.60. The van der Waals surface area contributed by atoms with Crippen LogP contribution < -0.4 is 9.47 Å². The average Bonchev–Trinajstić information content (AvgIpc) is 2.83. The SMILES string of the molecule is COc1nc2c(cc1F)C(=O)N(C1CC3(C1)CN(S(=O)(=O)c1ccccc1F)C3)[C@H](C)CO2. The number of ether oxygens (including phenoxy) is 2. The van der Waals surface area contributed by atoms with Crippen LogP contribution >= 0.6 is 0 Å². The molecule has 11 heteroatoms. The van der Waals surface area contributed by atoms with Crippen molar-refractivity contribution in [2.24, 2.45) is 5.41 Å². The molecule has 8 nitrogen and oxygen atoms in total. The van der Waals surface area contributed by atoms with Crippen LogP contribution in [-0.2, 0) is 10.0 Å². The van der Waals surface area contributed by atoms with Gasteiger partial charge in [-0.1, -0.05) is 12.1 Å². The van der Waals surface area contributed by atoms with Gasteiger partial charge in [-0.05, 0) is 38.0 Å². The summed E-state index contributed by atoms with van der Waals surface area (Å²) >= 11 is 0. The quantitative estimate of drug-likeness (QED) is 0.670. The van der Waals surface area contributed by atoms with E-state index in [-0.39, 0.29) is 65.3 Å². The van der Waals surface area contributed by atoms with Crippen molar-refractivity contribution in [1.82, 2.24) is 14.2 Å². The first-order valence-electron chi connectivity index (χ1n) is 10.6. The molecule has 3 aliphatic rings. The van der Waals surface area contributed by atoms with E-state index in [0.29, 0.717) is 12.8 Å². The van der Waals surface area contributed by atoms with Gasteiger partial charge >= 0.3 is 0 Å². The standard InChI is InChI=1S/C22H23F2N3O5S/c1-13-10-32-19-15(7-17(24)20(25-19)31-2)21(28)27(13)14-8-22(9-14)11-26(12-22)33(29,30)18-6-4-3-5-16(18)23/h3-7,13-14H,8-12H2,1-2H3/t13-/m1/s1. The van der Waals surface area contributed by atoms with E-state index in [4.69, 9.17) is 9.47 Å². The van der Waals surface area contributed by atoms with Crippen molar-refractivity contribution in [3.63, 3.8) is 0 Å². The van der Waals surface area contributed by atoms with Crippen LogP contribution in [0.4, 0.5) is 8.78 Å². The number of hydrogen-bond donors (Lipinski definition) is 0. The van der Waals surface area contributed by atoms with E-state index in [1.54, 1.807) is 4.90 Å². The van der Waals surface area contributed by atoms with Crippen LogP contribution in [0.3, 0.4) is 0 Å². The molecule has 1 saturated carbocycles. The summed E-state index contributed by atoms with van der Waals surface area (Å²) < 4.78 is 65.6. The van der Waals surface area contributed by atoms with E-state index >= 15 is 0 Å². The number of benzene rings is 1. The van der Waals surface area contributed by atoms with Gasteiger partial charge in [-0.15, -0.1) is 0 Å². The Kier molecular flexibility index (Phi) is 5.09. The van der Waals surface area contributed by atoms with Crippen LogP contribution in [0.1, 0.15) is 30.1 Å². The second-order valence-electron chi connectivity index (χ2n) is 8.97. The molecule has 33 heavy (non-hydrogen) atoms. The Balaban J connectivity index is 1.30. The predicted octanol–water partition coefficient (Wildman–Crippen LogP) is 2.44. The summed E-state index contributed by atoms with van der Waals surface area (Å²) in [5, 5.41) is 0. The number of carbonyl (C=O) groups is 1. The molecule has 5 rings (SSSR count). The minimum Gasteiger partial charge on any atom is -0.479 e. The number of sulfonamides is 1. The fourth-order valence-corrected chi connectivity index (χ4v) is 6.80. The maximum absolute atomic E-state index is 14.2. The lowest BCUT2D eigenvalue weighted by Crippen LogP contribution is -2.68. The molecular formula is C22H23F2N3O5S. The molecule has 1 spiro atoms. The third-order valence-corrected chi connectivity index (χ3v) is 8.54. The first-order chi connectivity index (χ1) is 15.6. The molecule has 2 aromatic rings. The smallest absolute Gasteiger partial charge is 0.260 e. The molecule has 1 aromatic heterocycles. The molecule has 0 unspecified atom stereocenters. The van der Waals surface area contributed by atoms with Crippen molar-refractivity contribution in [3.8, 4) is 11.8 Å². The number of fused-ring (bicyclic) bond motifs is 1. The van der Waals surface area contributed by atoms with Gasteiger partial charge in [0.05, 0.1) is 13.2 Å². The average molecular weight is 480 g/mol. The Labute approximate surface area is 190 Å². The number of rotatable bonds is 4. The zero-order valence-electron chi connectivity index (χ0n) is 18.1. The Morgan fingerprint density at radius 1 is 1.18 bits per heavy atom. The van der Waals surface area contributed by atoms with Gasteiger partial charge in [-0.3, -0.25) is 4.79 Å². The Hall–Kier alpha value is -2.79. The minimum absolute atomic E-state index is 0.0347. The van der Waals surface area contributed by atoms with Gasteiger partial charge < -0.3 is 14.4 Å². The molecule has 2 aliphatic heterocycles. The molecule has 0 radical (unpaired) electrons. The zero-order valence-corrected chi connectivity index (χ0v) is 18.9. The number of pyridine rings is 1. The highest BCUT2D eigenvalue weighted by Gasteiger charge is 2.58. The summed E-state index contributed by atoms with van der Waals surface area (Å²) in [7, 11) is -2.62. The summed E-state index contributed by atoms with van der Waals surface area (Å²) in [5.41, 5.74) is -0.210. The highest BCUT2D eigenvalue weighted by Crippen LogP contribution is 2.52. The highest BCUT2D eigenvalue weighted by atomic mass is 32.2. The Bertz CT molecular complexity index is 1220. The van der Waals surface area contributed by atoms with E-state index in [1.165, 1.54) is 29.6 Å². The van der Waals surface area contributed by atoms with Crippen molar-refractivity contribution in [2.75, 3.05) is 26.8 Å². The Morgan fingerprint density at radius 2 is 1.88 bits per heavy atom. The van der Waals surface area contributed by atoms with Gasteiger partial charge in [0.15, 0.2) is 5.82 Å². The van der Waals surface area contributed by atoms with Crippen molar-refractivity contribution in [2.45, 2.75) is 36.7 Å². The third kappa shape index (κ3) is 3.45. The van der Waals surface area contributed by atoms with E-state index in [0.717, 1.165) is 12.1 Å². The summed E-state index contributed by atoms with van der Waals surface area (Å²) in [4.78, 5) is 18.6. The van der Waals surface area contributed by atoms with Crippen molar-refractivity contribution >= 4 is 15.9 Å². The molecule has 1 saturated heterocycles. The predicted molar refractivity (Wildman–Crippen MR) is 112 cm³/mol. The van der Waals surface area contributed by atoms with Crippen LogP contribution in [0.15, 0.2) is 35.2 Å². The number of aromatic nitrogens is 1. The molecule has 2 fully saturated rings. The molecule has 3 heterocycles. The van der Waals surface area contributed by atoms with E-state index < -0.39 is 21.7 Å². The maximum Gasteiger partial charge on any atom is 0.260 e. The molecule has 0 N–H and O–H groups in total. The van der Waals surface area contributed by atoms with Crippen LogP contribution in [0, 0.1) is 17.0 Å². The fraction of sp³-hybridized carbons (Fsp3) is 0.455. The number of carbonyl (C=O) groups excluding carboxylic acids is 1. The van der Waals surface area contributed by atoms with Gasteiger partial charge in [0, 0.05) is 24.5 Å². The maximum atomic E-state index is 14.2. The summed E-state index contributed by atoms with van der Waals surface area (Å²) in [6.45, 7) is 2.59. The van der Waals surface area contributed by atoms with E-state index in [2.05, 4.69) is 4.98 Å². The normalized spacial score (nSPS) is 22.7. The summed E-state index contributed by atoms with van der Waals surface area (Å²) in [6, 6.07) is 5.99. The summed E-state index contributed by atoms with van der Waals surface area (Å²) in [5.74, 6) is -2.10. The van der Waals surface area contributed by atoms with Crippen molar-refractivity contribution in [3.05, 3.63) is 47.5 Å². The topological polar surface area (TPSA) is 89.0 Å². The molecule has 1 atom stereocenters. The molecule has 1 aromatic carbocycles. The number of hydrogen-bond acceptors (Lipinski definition) is 6. The van der Waals surface area contributed by atoms with Crippen LogP contribution in [0.2, 0.25) is 0 Å². The molecule has 1 aliphatic carbocycles. The first kappa shape index (κ1) is 22.0. The number of nitrogens with zero attached hydrogens (tertiary/aromatic N) is 3. The molecular weight excluding hydrogens is 456 g/mol. The second-order valence-corrected chi connectivity index (χ2v) is 10.9. The molecule has 1 amide bonds. The Morgan fingerprint density at radius 3 is 2.55 bits per heavy atom. The lowest BCUT2D eigenvalue weighted by molar-refractivity contribution is -0.0756. The van der Waals surface area contributed by atoms with Gasteiger partial charge in [0.1, 0.15) is 22.9 Å². The van der Waals surface area contributed by atoms with E-state index in [1.807, 2.05) is 6.92 Å². The van der Waals surface area contributed by atoms with E-state index in [9.17, 15) is 22.0 Å². The summed E-state index contributed by atoms with van der Waals surface area (Å²) in [6.07, 6.45) is 1.21. The largest absolute Gasteiger partial charge is 0.479 e. The number of amides is 1. The highest BCUT2D eigenvalue weighted by molar-refractivity contribution is 7.89. The van der Waals surface area contributed by atoms with Crippen molar-refractivity contribution in [1.29, 1.82) is 0 Å². The van der Waals surface area contributed by atoms with Crippen LogP contribution in [-0.4, -0.2) is 67.4 Å². The zero-order chi connectivity index (χ0) is 23.5. The van der Waals surface area contributed by atoms with Gasteiger partial charge in [-0.25, -0.2) is 17.2 Å². The second kappa shape index (κ2) is 7.63. The van der Waals surface area contributed by atoms with Crippen LogP contribution in [0.25, 0.3) is 0 Å². The van der Waals surface area contributed by atoms with Gasteiger partial charge in [0.25, 0.3) is 11.8 Å². The molecule has 0 bridgehead atoms. The monoisotopic (exact) mass is 479 g/mol. The number of halogens is 2. The molecule has 176 valence electrons. The van der Waals surface area contributed by atoms with Gasteiger partial charge in [0.2, 0.25) is 15.9 Å². The fourth-order valence-electron chi connectivity index (χ4n) is 5.07.